The van der Waals surface area contributed by atoms with Crippen LogP contribution in [0.5, 0.6) is 5.75 Å². The molecule has 1 aliphatic heterocycles. The number of thiazole rings is 1. The maximum atomic E-state index is 12.8. The van der Waals surface area contributed by atoms with Crippen molar-refractivity contribution in [2.75, 3.05) is 39.3 Å². The first-order valence-electron chi connectivity index (χ1n) is 10.1. The van der Waals surface area contributed by atoms with Crippen molar-refractivity contribution in [3.63, 3.8) is 0 Å². The van der Waals surface area contributed by atoms with E-state index in [1.54, 1.807) is 0 Å². The van der Waals surface area contributed by atoms with Crippen LogP contribution in [0.15, 0.2) is 29.6 Å². The highest BCUT2D eigenvalue weighted by atomic mass is 32.1. The Morgan fingerprint density at radius 2 is 1.90 bits per heavy atom. The van der Waals surface area contributed by atoms with E-state index < -0.39 is 0 Å². The Morgan fingerprint density at radius 3 is 2.55 bits per heavy atom. The summed E-state index contributed by atoms with van der Waals surface area (Å²) in [6.45, 7) is 5.65. The van der Waals surface area contributed by atoms with Crippen LogP contribution in [-0.2, 0) is 4.79 Å². The van der Waals surface area contributed by atoms with Crippen molar-refractivity contribution >= 4 is 23.2 Å². The average molecular weight is 415 g/mol. The van der Waals surface area contributed by atoms with Gasteiger partial charge in [0.2, 0.25) is 5.91 Å². The van der Waals surface area contributed by atoms with Gasteiger partial charge in [-0.25, -0.2) is 4.98 Å². The van der Waals surface area contributed by atoms with E-state index in [0.717, 1.165) is 29.2 Å². The molecule has 0 atom stereocenters. The fourth-order valence-corrected chi connectivity index (χ4v) is 4.14. The molecule has 1 N–H and O–H groups in total. The fraction of sp³-hybridized carbons (Fsp3) is 0.476. The third-order valence-electron chi connectivity index (χ3n) is 5.10. The molecule has 1 saturated carbocycles. The Bertz CT molecular complexity index is 855. The van der Waals surface area contributed by atoms with Gasteiger partial charge in [-0.05, 0) is 44.0 Å². The number of hydrogen-bond acceptors (Lipinski definition) is 6. The standard InChI is InChI=1S/C21H26N4O3S/c1-2-28-17-7-3-15(4-8-17)20-23-18(14-29-20)21(27)25-11-9-24(10-12-25)13-19(26)22-16-5-6-16/h3-4,7-8,14,16H,2,5-6,9-13H2,1H3,(H,22,26). The molecule has 2 fully saturated rings. The van der Waals surface area contributed by atoms with Gasteiger partial charge in [-0.2, -0.15) is 0 Å². The summed E-state index contributed by atoms with van der Waals surface area (Å²) >= 11 is 1.47. The molecule has 8 heteroatoms. The first-order valence-corrected chi connectivity index (χ1v) is 11.0. The van der Waals surface area contributed by atoms with Crippen molar-refractivity contribution in [2.45, 2.75) is 25.8 Å². The molecule has 1 aliphatic carbocycles. The minimum absolute atomic E-state index is 0.0412. The van der Waals surface area contributed by atoms with Crippen molar-refractivity contribution in [1.29, 1.82) is 0 Å². The Hall–Kier alpha value is -2.45. The van der Waals surface area contributed by atoms with Gasteiger partial charge < -0.3 is 15.0 Å². The summed E-state index contributed by atoms with van der Waals surface area (Å²) in [4.78, 5) is 33.2. The smallest absolute Gasteiger partial charge is 0.273 e. The molecule has 0 radical (unpaired) electrons. The maximum absolute atomic E-state index is 12.8. The number of rotatable bonds is 7. The lowest BCUT2D eigenvalue weighted by molar-refractivity contribution is -0.122. The zero-order valence-corrected chi connectivity index (χ0v) is 17.4. The molecule has 1 aromatic heterocycles. The van der Waals surface area contributed by atoms with E-state index in [4.69, 9.17) is 4.74 Å². The number of piperazine rings is 1. The van der Waals surface area contributed by atoms with Crippen molar-refractivity contribution in [1.82, 2.24) is 20.1 Å². The van der Waals surface area contributed by atoms with E-state index >= 15 is 0 Å². The van der Waals surface area contributed by atoms with Gasteiger partial charge in [0.1, 0.15) is 16.5 Å². The van der Waals surface area contributed by atoms with Crippen LogP contribution >= 0.6 is 11.3 Å². The number of aromatic nitrogens is 1. The number of carbonyl (C=O) groups excluding carboxylic acids is 2. The molecule has 1 saturated heterocycles. The van der Waals surface area contributed by atoms with Gasteiger partial charge in [-0.15, -0.1) is 11.3 Å². The molecule has 4 rings (SSSR count). The summed E-state index contributed by atoms with van der Waals surface area (Å²) in [5.74, 6) is 0.875. The number of carbonyl (C=O) groups is 2. The van der Waals surface area contributed by atoms with Gasteiger partial charge in [0.25, 0.3) is 5.91 Å². The second-order valence-corrected chi connectivity index (χ2v) is 8.26. The zero-order valence-electron chi connectivity index (χ0n) is 16.6. The first-order chi connectivity index (χ1) is 14.1. The van der Waals surface area contributed by atoms with Crippen LogP contribution in [0.2, 0.25) is 0 Å². The van der Waals surface area contributed by atoms with Gasteiger partial charge in [0.15, 0.2) is 0 Å². The van der Waals surface area contributed by atoms with Crippen LogP contribution in [0, 0.1) is 0 Å². The minimum atomic E-state index is -0.0412. The molecule has 0 bridgehead atoms. The number of nitrogens with one attached hydrogen (secondary N) is 1. The van der Waals surface area contributed by atoms with Crippen molar-refractivity contribution < 1.29 is 14.3 Å². The molecular formula is C21H26N4O3S. The highest BCUT2D eigenvalue weighted by Crippen LogP contribution is 2.26. The third-order valence-corrected chi connectivity index (χ3v) is 6.00. The van der Waals surface area contributed by atoms with Crippen molar-refractivity contribution in [2.24, 2.45) is 0 Å². The molecule has 2 heterocycles. The molecule has 0 spiro atoms. The Morgan fingerprint density at radius 1 is 1.17 bits per heavy atom. The molecule has 2 amide bonds. The maximum Gasteiger partial charge on any atom is 0.273 e. The SMILES string of the molecule is CCOc1ccc(-c2nc(C(=O)N3CCN(CC(=O)NC4CC4)CC3)cs2)cc1. The Kier molecular flexibility index (Phi) is 6.10. The highest BCUT2D eigenvalue weighted by Gasteiger charge is 2.27. The van der Waals surface area contributed by atoms with Crippen molar-refractivity contribution in [3.8, 4) is 16.3 Å². The van der Waals surface area contributed by atoms with Gasteiger partial charge in [0.05, 0.1) is 13.2 Å². The molecule has 7 nitrogen and oxygen atoms in total. The predicted molar refractivity (Wildman–Crippen MR) is 112 cm³/mol. The van der Waals surface area contributed by atoms with Gasteiger partial charge in [-0.1, -0.05) is 0 Å². The Labute approximate surface area is 174 Å². The number of benzene rings is 1. The van der Waals surface area contributed by atoms with Crippen molar-refractivity contribution in [3.05, 3.63) is 35.3 Å². The van der Waals surface area contributed by atoms with E-state index in [-0.39, 0.29) is 11.8 Å². The van der Waals surface area contributed by atoms with E-state index in [9.17, 15) is 9.59 Å². The zero-order chi connectivity index (χ0) is 20.2. The van der Waals surface area contributed by atoms with Gasteiger partial charge in [-0.3, -0.25) is 14.5 Å². The van der Waals surface area contributed by atoms with Crippen LogP contribution in [0.3, 0.4) is 0 Å². The predicted octanol–water partition coefficient (Wildman–Crippen LogP) is 2.25. The second-order valence-electron chi connectivity index (χ2n) is 7.41. The van der Waals surface area contributed by atoms with Crippen LogP contribution in [0.25, 0.3) is 10.6 Å². The lowest BCUT2D eigenvalue weighted by atomic mass is 10.2. The van der Waals surface area contributed by atoms with Crippen LogP contribution in [0.1, 0.15) is 30.3 Å². The lowest BCUT2D eigenvalue weighted by Gasteiger charge is -2.33. The third kappa shape index (κ3) is 5.13. The molecule has 2 aromatic rings. The lowest BCUT2D eigenvalue weighted by Crippen LogP contribution is -2.51. The summed E-state index contributed by atoms with van der Waals surface area (Å²) < 4.78 is 5.47. The average Bonchev–Trinajstić information content (AvgIpc) is 3.40. The number of nitrogens with zero attached hydrogens (tertiary/aromatic N) is 3. The van der Waals surface area contributed by atoms with Gasteiger partial charge in [0, 0.05) is 43.2 Å². The van der Waals surface area contributed by atoms with Crippen LogP contribution in [0.4, 0.5) is 0 Å². The Balaban J connectivity index is 1.30. The van der Waals surface area contributed by atoms with Crippen LogP contribution < -0.4 is 10.1 Å². The monoisotopic (exact) mass is 414 g/mol. The number of amides is 2. The van der Waals surface area contributed by atoms with E-state index in [0.29, 0.717) is 51.1 Å². The summed E-state index contributed by atoms with van der Waals surface area (Å²) in [6, 6.07) is 8.15. The molecule has 154 valence electrons. The fourth-order valence-electron chi connectivity index (χ4n) is 3.34. The quantitative estimate of drug-likeness (QED) is 0.752. The topological polar surface area (TPSA) is 74.8 Å². The molecule has 2 aliphatic rings. The van der Waals surface area contributed by atoms with E-state index in [2.05, 4.69) is 15.2 Å². The van der Waals surface area contributed by atoms with Crippen LogP contribution in [-0.4, -0.2) is 72.0 Å². The second kappa shape index (κ2) is 8.92. The summed E-state index contributed by atoms with van der Waals surface area (Å²) in [5.41, 5.74) is 1.46. The summed E-state index contributed by atoms with van der Waals surface area (Å²) in [5, 5.41) is 5.66. The molecule has 1 aromatic carbocycles. The summed E-state index contributed by atoms with van der Waals surface area (Å²) in [6.07, 6.45) is 2.20. The summed E-state index contributed by atoms with van der Waals surface area (Å²) in [7, 11) is 0. The molecular weight excluding hydrogens is 388 g/mol. The van der Waals surface area contributed by atoms with E-state index in [1.165, 1.54) is 11.3 Å². The largest absolute Gasteiger partial charge is 0.494 e. The molecule has 29 heavy (non-hydrogen) atoms. The minimum Gasteiger partial charge on any atom is -0.494 e. The highest BCUT2D eigenvalue weighted by molar-refractivity contribution is 7.13. The number of hydrogen-bond donors (Lipinski definition) is 1. The van der Waals surface area contributed by atoms with E-state index in [1.807, 2.05) is 41.5 Å². The molecule has 0 unspecified atom stereocenters. The normalized spacial score (nSPS) is 17.2. The van der Waals surface area contributed by atoms with Gasteiger partial charge >= 0.3 is 0 Å². The number of ether oxygens (including phenoxy) is 1. The first kappa shape index (κ1) is 19.8.